The zero-order valence-corrected chi connectivity index (χ0v) is 21.2. The number of hydrogen-bond acceptors (Lipinski definition) is 8. The Morgan fingerprint density at radius 1 is 0.917 bits per heavy atom. The van der Waals surface area contributed by atoms with Crippen LogP contribution >= 0.6 is 0 Å². The van der Waals surface area contributed by atoms with Gasteiger partial charge in [-0.05, 0) is 31.5 Å². The van der Waals surface area contributed by atoms with E-state index in [2.05, 4.69) is 4.90 Å². The SMILES string of the molecule is O=C(COCC1CCCN1CC(=O)N1CCOCC1)C(=O)N1CCN(S(=O)(=O)c2ccccc2)CC1. The van der Waals surface area contributed by atoms with E-state index in [9.17, 15) is 22.8 Å². The predicted octanol–water partition coefficient (Wildman–Crippen LogP) is -0.572. The first-order chi connectivity index (χ1) is 17.4. The second-order valence-corrected chi connectivity index (χ2v) is 11.1. The molecule has 12 heteroatoms. The first kappa shape index (κ1) is 26.7. The minimum atomic E-state index is -3.63. The Kier molecular flexibility index (Phi) is 9.07. The van der Waals surface area contributed by atoms with Crippen molar-refractivity contribution < 1.29 is 32.3 Å². The second kappa shape index (κ2) is 12.2. The maximum absolute atomic E-state index is 12.8. The van der Waals surface area contributed by atoms with E-state index in [1.54, 1.807) is 18.2 Å². The number of sulfonamides is 1. The van der Waals surface area contributed by atoms with Crippen LogP contribution in [0, 0.1) is 0 Å². The Morgan fingerprint density at radius 2 is 1.61 bits per heavy atom. The highest BCUT2D eigenvalue weighted by Crippen LogP contribution is 2.19. The van der Waals surface area contributed by atoms with Crippen LogP contribution in [0.25, 0.3) is 0 Å². The van der Waals surface area contributed by atoms with Crippen molar-refractivity contribution in [3.63, 3.8) is 0 Å². The molecule has 0 aromatic heterocycles. The zero-order chi connectivity index (χ0) is 25.5. The molecule has 1 unspecified atom stereocenters. The van der Waals surface area contributed by atoms with Crippen LogP contribution < -0.4 is 0 Å². The molecule has 3 saturated heterocycles. The lowest BCUT2D eigenvalue weighted by Crippen LogP contribution is -2.52. The number of carbonyl (C=O) groups excluding carboxylic acids is 3. The zero-order valence-electron chi connectivity index (χ0n) is 20.4. The summed E-state index contributed by atoms with van der Waals surface area (Å²) in [6.45, 7) is 3.96. The molecule has 0 bridgehead atoms. The van der Waals surface area contributed by atoms with Crippen molar-refractivity contribution in [2.24, 2.45) is 0 Å². The number of nitrogens with zero attached hydrogens (tertiary/aromatic N) is 4. The highest BCUT2D eigenvalue weighted by molar-refractivity contribution is 7.89. The Bertz CT molecular complexity index is 1020. The lowest BCUT2D eigenvalue weighted by molar-refractivity contribution is -0.148. The Labute approximate surface area is 211 Å². The van der Waals surface area contributed by atoms with Crippen molar-refractivity contribution in [1.29, 1.82) is 0 Å². The fourth-order valence-corrected chi connectivity index (χ4v) is 6.22. The molecule has 0 saturated carbocycles. The lowest BCUT2D eigenvalue weighted by atomic mass is 10.2. The molecule has 0 spiro atoms. The standard InChI is InChI=1S/C24H34N4O7S/c29-22(19-35-18-20-5-4-8-27(20)17-23(30)25-13-15-34-16-14-25)24(31)26-9-11-28(12-10-26)36(32,33)21-6-2-1-3-7-21/h1-3,6-7,20H,4-5,8-19H2. The number of ketones is 1. The summed E-state index contributed by atoms with van der Waals surface area (Å²) in [4.78, 5) is 43.1. The number of ether oxygens (including phenoxy) is 2. The molecule has 0 radical (unpaired) electrons. The van der Waals surface area contributed by atoms with Gasteiger partial charge in [0.2, 0.25) is 21.7 Å². The Balaban J connectivity index is 1.19. The van der Waals surface area contributed by atoms with Gasteiger partial charge >= 0.3 is 0 Å². The summed E-state index contributed by atoms with van der Waals surface area (Å²) in [6.07, 6.45) is 1.82. The molecule has 1 aromatic rings. The largest absolute Gasteiger partial charge is 0.378 e. The molecule has 1 atom stereocenters. The summed E-state index contributed by atoms with van der Waals surface area (Å²) in [5.41, 5.74) is 0. The third-order valence-corrected chi connectivity index (χ3v) is 8.80. The van der Waals surface area contributed by atoms with Crippen LogP contribution in [0.2, 0.25) is 0 Å². The topological polar surface area (TPSA) is 117 Å². The molecule has 3 fully saturated rings. The van der Waals surface area contributed by atoms with Crippen LogP contribution in [-0.2, 0) is 33.9 Å². The second-order valence-electron chi connectivity index (χ2n) is 9.21. The van der Waals surface area contributed by atoms with Crippen LogP contribution in [0.1, 0.15) is 12.8 Å². The minimum Gasteiger partial charge on any atom is -0.378 e. The van der Waals surface area contributed by atoms with Crippen molar-refractivity contribution in [3.05, 3.63) is 30.3 Å². The quantitative estimate of drug-likeness (QED) is 0.396. The van der Waals surface area contributed by atoms with Gasteiger partial charge in [-0.3, -0.25) is 19.3 Å². The average Bonchev–Trinajstić information content (AvgIpc) is 3.35. The Morgan fingerprint density at radius 3 is 2.31 bits per heavy atom. The number of Topliss-reactive ketones (excluding diaryl/α,β-unsaturated/α-hetero) is 1. The first-order valence-electron chi connectivity index (χ1n) is 12.4. The minimum absolute atomic E-state index is 0.0321. The molecule has 36 heavy (non-hydrogen) atoms. The van der Waals surface area contributed by atoms with Crippen molar-refractivity contribution in [1.82, 2.24) is 19.0 Å². The van der Waals surface area contributed by atoms with Gasteiger partial charge in [0, 0.05) is 45.3 Å². The van der Waals surface area contributed by atoms with Crippen LogP contribution in [0.4, 0.5) is 0 Å². The normalized spacial score (nSPS) is 22.1. The van der Waals surface area contributed by atoms with Gasteiger partial charge in [-0.2, -0.15) is 4.31 Å². The average molecular weight is 523 g/mol. The van der Waals surface area contributed by atoms with E-state index >= 15 is 0 Å². The summed E-state index contributed by atoms with van der Waals surface area (Å²) >= 11 is 0. The van der Waals surface area contributed by atoms with Gasteiger partial charge in [0.1, 0.15) is 6.61 Å². The molecular formula is C24H34N4O7S. The third-order valence-electron chi connectivity index (χ3n) is 6.89. The molecule has 4 rings (SSSR count). The maximum Gasteiger partial charge on any atom is 0.292 e. The first-order valence-corrected chi connectivity index (χ1v) is 13.8. The van der Waals surface area contributed by atoms with Crippen LogP contribution in [0.3, 0.4) is 0 Å². The third kappa shape index (κ3) is 6.48. The predicted molar refractivity (Wildman–Crippen MR) is 130 cm³/mol. The molecule has 3 heterocycles. The van der Waals surface area contributed by atoms with E-state index in [0.717, 1.165) is 19.4 Å². The van der Waals surface area contributed by atoms with Crippen LogP contribution in [0.15, 0.2) is 35.2 Å². The molecule has 11 nitrogen and oxygen atoms in total. The Hall–Kier alpha value is -2.38. The van der Waals surface area contributed by atoms with Gasteiger partial charge < -0.3 is 19.3 Å². The van der Waals surface area contributed by atoms with Gasteiger partial charge in [-0.15, -0.1) is 0 Å². The van der Waals surface area contributed by atoms with Gasteiger partial charge in [0.15, 0.2) is 0 Å². The number of amides is 2. The molecular weight excluding hydrogens is 488 g/mol. The number of hydrogen-bond donors (Lipinski definition) is 0. The lowest BCUT2D eigenvalue weighted by Gasteiger charge is -2.33. The molecule has 1 aromatic carbocycles. The number of piperazine rings is 1. The number of carbonyl (C=O) groups is 3. The summed E-state index contributed by atoms with van der Waals surface area (Å²) in [5, 5.41) is 0. The molecule has 0 aliphatic carbocycles. The van der Waals surface area contributed by atoms with Crippen molar-refractivity contribution in [2.75, 3.05) is 78.8 Å². The molecule has 2 amide bonds. The molecule has 0 N–H and O–H groups in total. The summed E-state index contributed by atoms with van der Waals surface area (Å²) in [7, 11) is -3.63. The van der Waals surface area contributed by atoms with E-state index < -0.39 is 21.7 Å². The number of rotatable bonds is 9. The van der Waals surface area contributed by atoms with Crippen LogP contribution in [0.5, 0.6) is 0 Å². The van der Waals surface area contributed by atoms with Crippen molar-refractivity contribution in [2.45, 2.75) is 23.8 Å². The molecule has 3 aliphatic rings. The van der Waals surface area contributed by atoms with E-state index in [4.69, 9.17) is 9.47 Å². The summed E-state index contributed by atoms with van der Waals surface area (Å²) in [6, 6.07) is 8.19. The monoisotopic (exact) mass is 522 g/mol. The molecule has 3 aliphatic heterocycles. The fourth-order valence-electron chi connectivity index (χ4n) is 4.78. The highest BCUT2D eigenvalue weighted by atomic mass is 32.2. The van der Waals surface area contributed by atoms with Gasteiger partial charge in [-0.25, -0.2) is 8.42 Å². The summed E-state index contributed by atoms with van der Waals surface area (Å²) < 4.78 is 37.7. The van der Waals surface area contributed by atoms with E-state index in [-0.39, 0.29) is 56.2 Å². The number of likely N-dealkylation sites (tertiary alicyclic amines) is 1. The maximum atomic E-state index is 12.8. The fraction of sp³-hybridized carbons (Fsp3) is 0.625. The van der Waals surface area contributed by atoms with Gasteiger partial charge in [0.25, 0.3) is 5.91 Å². The highest BCUT2D eigenvalue weighted by Gasteiger charge is 2.33. The van der Waals surface area contributed by atoms with Crippen molar-refractivity contribution in [3.8, 4) is 0 Å². The smallest absolute Gasteiger partial charge is 0.292 e. The summed E-state index contributed by atoms with van der Waals surface area (Å²) in [5.74, 6) is -1.23. The van der Waals surface area contributed by atoms with Gasteiger partial charge in [-0.1, -0.05) is 18.2 Å². The van der Waals surface area contributed by atoms with Crippen LogP contribution in [-0.4, -0.2) is 130 Å². The number of morpholine rings is 1. The van der Waals surface area contributed by atoms with E-state index in [1.807, 2.05) is 4.90 Å². The number of benzene rings is 1. The van der Waals surface area contributed by atoms with E-state index in [1.165, 1.54) is 21.3 Å². The van der Waals surface area contributed by atoms with Crippen molar-refractivity contribution >= 4 is 27.6 Å². The molecule has 198 valence electrons. The van der Waals surface area contributed by atoms with E-state index in [0.29, 0.717) is 32.8 Å². The van der Waals surface area contributed by atoms with Gasteiger partial charge in [0.05, 0.1) is 31.3 Å².